The number of fused-ring (bicyclic) bond motifs is 1. The summed E-state index contributed by atoms with van der Waals surface area (Å²) in [5, 5.41) is 8.61. The monoisotopic (exact) mass is 252 g/mol. The van der Waals surface area contributed by atoms with Crippen LogP contribution in [0.3, 0.4) is 0 Å². The molecule has 2 unspecified atom stereocenters. The third-order valence-corrected chi connectivity index (χ3v) is 4.27. The molecule has 0 radical (unpaired) electrons. The second-order valence-corrected chi connectivity index (χ2v) is 5.37. The molecule has 1 amide bonds. The van der Waals surface area contributed by atoms with Crippen molar-refractivity contribution in [3.8, 4) is 0 Å². The highest BCUT2D eigenvalue weighted by Gasteiger charge is 2.36. The number of amides is 1. The molecule has 1 aromatic heterocycles. The maximum absolute atomic E-state index is 11.9. The molecule has 2 saturated heterocycles. The molecule has 5 nitrogen and oxygen atoms in total. The van der Waals surface area contributed by atoms with Crippen molar-refractivity contribution >= 4 is 17.4 Å². The summed E-state index contributed by atoms with van der Waals surface area (Å²) in [6, 6.07) is 0.837. The fraction of sp³-hybridized carbons (Fsp3) is 0.727. The van der Waals surface area contributed by atoms with Crippen molar-refractivity contribution in [1.29, 1.82) is 0 Å². The van der Waals surface area contributed by atoms with Gasteiger partial charge in [0.05, 0.1) is 0 Å². The summed E-state index contributed by atoms with van der Waals surface area (Å²) in [5.41, 5.74) is 0.448. The lowest BCUT2D eigenvalue weighted by atomic mass is 9.99. The van der Waals surface area contributed by atoms with Gasteiger partial charge in [-0.25, -0.2) is 0 Å². The van der Waals surface area contributed by atoms with E-state index in [2.05, 4.69) is 19.8 Å². The Bertz CT molecular complexity index is 394. The standard InChI is InChI=1S/C11H16N4OS/c16-11(9-7-17-14-13-9)12-8-4-6-15-5-2-1-3-10(8)15/h7-8,10H,1-6H2,(H,12,16). The lowest BCUT2D eigenvalue weighted by molar-refractivity contribution is 0.0910. The van der Waals surface area contributed by atoms with E-state index in [-0.39, 0.29) is 5.91 Å². The molecule has 2 aliphatic rings. The Morgan fingerprint density at radius 2 is 2.35 bits per heavy atom. The molecule has 3 heterocycles. The Labute approximate surface area is 104 Å². The molecule has 0 spiro atoms. The number of hydrogen-bond acceptors (Lipinski definition) is 5. The van der Waals surface area contributed by atoms with Gasteiger partial charge in [-0.05, 0) is 37.3 Å². The van der Waals surface area contributed by atoms with Crippen LogP contribution in [0.15, 0.2) is 5.38 Å². The molecule has 0 aliphatic carbocycles. The third kappa shape index (κ3) is 2.19. The molecule has 2 atom stereocenters. The van der Waals surface area contributed by atoms with Crippen LogP contribution < -0.4 is 5.32 Å². The minimum Gasteiger partial charge on any atom is -0.346 e. The first-order chi connectivity index (χ1) is 8.34. The normalized spacial score (nSPS) is 28.9. The minimum atomic E-state index is -0.0730. The summed E-state index contributed by atoms with van der Waals surface area (Å²) < 4.78 is 3.72. The Kier molecular flexibility index (Phi) is 3.07. The number of rotatable bonds is 2. The largest absolute Gasteiger partial charge is 0.346 e. The fourth-order valence-corrected chi connectivity index (χ4v) is 3.36. The molecule has 3 rings (SSSR count). The average molecular weight is 252 g/mol. The van der Waals surface area contributed by atoms with Crippen molar-refractivity contribution in [2.45, 2.75) is 37.8 Å². The summed E-state index contributed by atoms with van der Waals surface area (Å²) >= 11 is 1.22. The Morgan fingerprint density at radius 1 is 1.41 bits per heavy atom. The zero-order chi connectivity index (χ0) is 11.7. The van der Waals surface area contributed by atoms with Gasteiger partial charge in [-0.15, -0.1) is 5.10 Å². The van der Waals surface area contributed by atoms with Crippen molar-refractivity contribution in [3.63, 3.8) is 0 Å². The molecule has 2 aliphatic heterocycles. The Morgan fingerprint density at radius 3 is 3.18 bits per heavy atom. The van der Waals surface area contributed by atoms with E-state index in [1.54, 1.807) is 5.38 Å². The maximum Gasteiger partial charge on any atom is 0.273 e. The highest BCUT2D eigenvalue weighted by atomic mass is 32.1. The molecule has 17 heavy (non-hydrogen) atoms. The van der Waals surface area contributed by atoms with Gasteiger partial charge in [-0.3, -0.25) is 9.69 Å². The van der Waals surface area contributed by atoms with E-state index in [1.807, 2.05) is 0 Å². The van der Waals surface area contributed by atoms with Gasteiger partial charge in [0.2, 0.25) is 0 Å². The van der Waals surface area contributed by atoms with Crippen LogP contribution in [0.1, 0.15) is 36.2 Å². The SMILES string of the molecule is O=C(NC1CCN2CCCCC12)c1csnn1. The molecule has 6 heteroatoms. The van der Waals surface area contributed by atoms with E-state index < -0.39 is 0 Å². The topological polar surface area (TPSA) is 58.1 Å². The molecular weight excluding hydrogens is 236 g/mol. The van der Waals surface area contributed by atoms with E-state index in [0.717, 1.165) is 13.0 Å². The first-order valence-electron chi connectivity index (χ1n) is 6.16. The van der Waals surface area contributed by atoms with Gasteiger partial charge in [0.25, 0.3) is 5.91 Å². The first-order valence-corrected chi connectivity index (χ1v) is 7.00. The summed E-state index contributed by atoms with van der Waals surface area (Å²) in [5.74, 6) is -0.0730. The number of piperidine rings is 1. The van der Waals surface area contributed by atoms with Crippen LogP contribution in [0.2, 0.25) is 0 Å². The van der Waals surface area contributed by atoms with Gasteiger partial charge in [0.1, 0.15) is 0 Å². The zero-order valence-corrected chi connectivity index (χ0v) is 10.4. The quantitative estimate of drug-likeness (QED) is 0.849. The van der Waals surface area contributed by atoms with Gasteiger partial charge in [0.15, 0.2) is 5.69 Å². The first kappa shape index (κ1) is 11.1. The van der Waals surface area contributed by atoms with E-state index in [9.17, 15) is 4.79 Å². The number of nitrogens with zero attached hydrogens (tertiary/aromatic N) is 3. The van der Waals surface area contributed by atoms with Gasteiger partial charge in [-0.2, -0.15) is 0 Å². The molecule has 0 saturated carbocycles. The number of nitrogens with one attached hydrogen (secondary N) is 1. The van der Waals surface area contributed by atoms with Crippen LogP contribution in [0, 0.1) is 0 Å². The second-order valence-electron chi connectivity index (χ2n) is 4.76. The van der Waals surface area contributed by atoms with E-state index in [4.69, 9.17) is 0 Å². The van der Waals surface area contributed by atoms with Crippen molar-refractivity contribution in [2.24, 2.45) is 0 Å². The highest BCUT2D eigenvalue weighted by molar-refractivity contribution is 7.03. The highest BCUT2D eigenvalue weighted by Crippen LogP contribution is 2.27. The Balaban J connectivity index is 1.64. The molecule has 0 aromatic carbocycles. The van der Waals surface area contributed by atoms with Crippen molar-refractivity contribution in [1.82, 2.24) is 19.8 Å². The van der Waals surface area contributed by atoms with Gasteiger partial charge in [-0.1, -0.05) is 10.9 Å². The summed E-state index contributed by atoms with van der Waals surface area (Å²) in [4.78, 5) is 14.4. The average Bonchev–Trinajstić information content (AvgIpc) is 2.98. The van der Waals surface area contributed by atoms with E-state index in [1.165, 1.54) is 37.3 Å². The minimum absolute atomic E-state index is 0.0730. The van der Waals surface area contributed by atoms with Gasteiger partial charge < -0.3 is 5.32 Å². The zero-order valence-electron chi connectivity index (χ0n) is 9.63. The predicted molar refractivity (Wildman–Crippen MR) is 65.0 cm³/mol. The molecule has 0 bridgehead atoms. The predicted octanol–water partition coefficient (Wildman–Crippen LogP) is 0.895. The van der Waals surface area contributed by atoms with Crippen molar-refractivity contribution in [2.75, 3.05) is 13.1 Å². The molecule has 1 N–H and O–H groups in total. The lowest BCUT2D eigenvalue weighted by Crippen LogP contribution is -2.46. The smallest absolute Gasteiger partial charge is 0.273 e. The van der Waals surface area contributed by atoms with Crippen LogP contribution in [0.5, 0.6) is 0 Å². The number of hydrogen-bond donors (Lipinski definition) is 1. The van der Waals surface area contributed by atoms with Crippen molar-refractivity contribution in [3.05, 3.63) is 11.1 Å². The van der Waals surface area contributed by atoms with Crippen LogP contribution in [-0.4, -0.2) is 45.6 Å². The molecular formula is C11H16N4OS. The third-order valence-electron chi connectivity index (χ3n) is 3.77. The van der Waals surface area contributed by atoms with E-state index in [0.29, 0.717) is 17.8 Å². The molecule has 92 valence electrons. The fourth-order valence-electron chi connectivity index (χ4n) is 2.92. The van der Waals surface area contributed by atoms with Gasteiger partial charge in [0, 0.05) is 24.0 Å². The van der Waals surface area contributed by atoms with E-state index >= 15 is 0 Å². The Hall–Kier alpha value is -1.01. The number of carbonyl (C=O) groups excluding carboxylic acids is 1. The van der Waals surface area contributed by atoms with Crippen molar-refractivity contribution < 1.29 is 4.79 Å². The number of aromatic nitrogens is 2. The maximum atomic E-state index is 11.9. The molecule has 1 aromatic rings. The van der Waals surface area contributed by atoms with Crippen LogP contribution in [0.25, 0.3) is 0 Å². The second kappa shape index (κ2) is 4.70. The molecule has 2 fully saturated rings. The van der Waals surface area contributed by atoms with Gasteiger partial charge >= 0.3 is 0 Å². The number of carbonyl (C=O) groups is 1. The lowest BCUT2D eigenvalue weighted by Gasteiger charge is -2.32. The van der Waals surface area contributed by atoms with Crippen LogP contribution >= 0.6 is 11.5 Å². The van der Waals surface area contributed by atoms with Crippen LogP contribution in [-0.2, 0) is 0 Å². The summed E-state index contributed by atoms with van der Waals surface area (Å²) in [7, 11) is 0. The summed E-state index contributed by atoms with van der Waals surface area (Å²) in [6.45, 7) is 2.31. The summed E-state index contributed by atoms with van der Waals surface area (Å²) in [6.07, 6.45) is 4.85. The van der Waals surface area contributed by atoms with Crippen LogP contribution in [0.4, 0.5) is 0 Å².